The smallest absolute Gasteiger partial charge is 0.247 e. The number of aliphatic imine (C=N–C) groups is 1. The maximum absolute atomic E-state index is 11.5. The van der Waals surface area contributed by atoms with Gasteiger partial charge in [0.05, 0.1) is 0 Å². The van der Waals surface area contributed by atoms with Gasteiger partial charge in [0.25, 0.3) is 0 Å². The average molecular weight is 437 g/mol. The van der Waals surface area contributed by atoms with Crippen LogP contribution in [0.5, 0.6) is 0 Å². The zero-order valence-corrected chi connectivity index (χ0v) is 18.5. The summed E-state index contributed by atoms with van der Waals surface area (Å²) in [6.45, 7) is 6.51. The molecule has 1 aromatic carbocycles. The number of piperidine rings is 1. The van der Waals surface area contributed by atoms with Crippen molar-refractivity contribution in [2.45, 2.75) is 45.1 Å². The molecule has 5 N–H and O–H groups in total. The van der Waals surface area contributed by atoms with Crippen molar-refractivity contribution in [2.24, 2.45) is 4.99 Å². The molecule has 1 aromatic rings. The van der Waals surface area contributed by atoms with Crippen LogP contribution in [-0.2, 0) is 4.79 Å². The summed E-state index contributed by atoms with van der Waals surface area (Å²) in [6, 6.07) is 7.64. The lowest BCUT2D eigenvalue weighted by Gasteiger charge is -2.38. The van der Waals surface area contributed by atoms with Crippen LogP contribution in [0, 0.1) is 5.41 Å². The largest absolute Gasteiger partial charge is 0.396 e. The molecule has 1 fully saturated rings. The Hall–Kier alpha value is -3.39. The van der Waals surface area contributed by atoms with Crippen LogP contribution >= 0.6 is 0 Å². The molecule has 32 heavy (non-hydrogen) atoms. The fraction of sp³-hybridized carbons (Fsp3) is 0.375. The minimum Gasteiger partial charge on any atom is -0.396 e. The lowest BCUT2D eigenvalue weighted by Crippen LogP contribution is -2.45. The lowest BCUT2D eigenvalue weighted by molar-refractivity contribution is -0.111. The number of hydrogen-bond donors (Lipinski definition) is 5. The van der Waals surface area contributed by atoms with Gasteiger partial charge in [-0.1, -0.05) is 13.5 Å². The van der Waals surface area contributed by atoms with Gasteiger partial charge < -0.3 is 31.4 Å². The lowest BCUT2D eigenvalue weighted by atomic mass is 9.99. The molecule has 170 valence electrons. The highest BCUT2D eigenvalue weighted by molar-refractivity contribution is 5.99. The molecule has 1 amide bonds. The van der Waals surface area contributed by atoms with Gasteiger partial charge in [0.1, 0.15) is 17.5 Å². The summed E-state index contributed by atoms with van der Waals surface area (Å²) < 4.78 is 0. The van der Waals surface area contributed by atoms with Crippen molar-refractivity contribution < 1.29 is 9.90 Å². The van der Waals surface area contributed by atoms with Crippen LogP contribution in [0.25, 0.3) is 0 Å². The molecule has 8 heteroatoms. The van der Waals surface area contributed by atoms with E-state index in [1.54, 1.807) is 0 Å². The first-order chi connectivity index (χ1) is 15.6. The van der Waals surface area contributed by atoms with Crippen molar-refractivity contribution in [3.05, 3.63) is 60.2 Å². The molecule has 0 aliphatic carbocycles. The van der Waals surface area contributed by atoms with Crippen molar-refractivity contribution in [1.29, 1.82) is 5.41 Å². The van der Waals surface area contributed by atoms with Gasteiger partial charge >= 0.3 is 0 Å². The van der Waals surface area contributed by atoms with Crippen LogP contribution in [0.2, 0.25) is 0 Å². The molecule has 2 aliphatic rings. The number of aliphatic hydroxyl groups is 1. The maximum Gasteiger partial charge on any atom is 0.247 e. The molecule has 0 saturated carbocycles. The summed E-state index contributed by atoms with van der Waals surface area (Å²) in [4.78, 5) is 18.6. The number of allylic oxidation sites excluding steroid dienone is 1. The SMILES string of the molecule is C=CC(=O)Nc1ccc(NC2=CC(N3CCCC[C@H]3CCO)=N/C(=C(/C=N)CC)N2)cc1. The number of amidine groups is 1. The number of carbonyl (C=O) groups is 1. The van der Waals surface area contributed by atoms with E-state index in [1.165, 1.54) is 12.3 Å². The second-order valence-corrected chi connectivity index (χ2v) is 7.78. The third-order valence-corrected chi connectivity index (χ3v) is 5.61. The normalized spacial score (nSPS) is 19.8. The summed E-state index contributed by atoms with van der Waals surface area (Å²) in [7, 11) is 0. The number of rotatable bonds is 8. The summed E-state index contributed by atoms with van der Waals surface area (Å²) in [6.07, 6.45) is 9.23. The summed E-state index contributed by atoms with van der Waals surface area (Å²) in [5.74, 6) is 2.00. The predicted molar refractivity (Wildman–Crippen MR) is 130 cm³/mol. The van der Waals surface area contributed by atoms with E-state index in [0.717, 1.165) is 48.7 Å². The summed E-state index contributed by atoms with van der Waals surface area (Å²) in [5.41, 5.74) is 2.35. The fourth-order valence-corrected chi connectivity index (χ4v) is 3.91. The average Bonchev–Trinajstić information content (AvgIpc) is 2.81. The van der Waals surface area contributed by atoms with Gasteiger partial charge in [-0.2, -0.15) is 0 Å². The van der Waals surface area contributed by atoms with Crippen LogP contribution in [0.1, 0.15) is 39.0 Å². The first kappa shape index (κ1) is 23.3. The topological polar surface area (TPSA) is 113 Å². The molecule has 0 bridgehead atoms. The Labute approximate surface area is 189 Å². The quantitative estimate of drug-likeness (QED) is 0.316. The minimum atomic E-state index is -0.254. The molecule has 1 atom stereocenters. The molecular formula is C24H32N6O2. The Kier molecular flexibility index (Phi) is 8.21. The van der Waals surface area contributed by atoms with E-state index in [1.807, 2.05) is 37.3 Å². The molecule has 1 saturated heterocycles. The highest BCUT2D eigenvalue weighted by Crippen LogP contribution is 2.24. The van der Waals surface area contributed by atoms with Crippen molar-refractivity contribution in [3.63, 3.8) is 0 Å². The Balaban J connectivity index is 1.86. The molecular weight excluding hydrogens is 404 g/mol. The number of benzene rings is 1. The van der Waals surface area contributed by atoms with Gasteiger partial charge in [-0.25, -0.2) is 4.99 Å². The highest BCUT2D eigenvalue weighted by atomic mass is 16.3. The molecule has 0 spiro atoms. The van der Waals surface area contributed by atoms with Gasteiger partial charge in [0.2, 0.25) is 5.91 Å². The van der Waals surface area contributed by atoms with Crippen LogP contribution in [0.15, 0.2) is 65.2 Å². The van der Waals surface area contributed by atoms with E-state index in [2.05, 4.69) is 27.4 Å². The maximum atomic E-state index is 11.5. The van der Waals surface area contributed by atoms with Gasteiger partial charge in [-0.15, -0.1) is 0 Å². The molecule has 3 rings (SSSR count). The monoisotopic (exact) mass is 436 g/mol. The highest BCUT2D eigenvalue weighted by Gasteiger charge is 2.26. The number of nitrogens with one attached hydrogen (secondary N) is 4. The molecule has 0 radical (unpaired) electrons. The van der Waals surface area contributed by atoms with Crippen molar-refractivity contribution >= 4 is 29.3 Å². The molecule has 2 aliphatic heterocycles. The van der Waals surface area contributed by atoms with Crippen molar-refractivity contribution in [1.82, 2.24) is 10.2 Å². The minimum absolute atomic E-state index is 0.152. The van der Waals surface area contributed by atoms with E-state index in [9.17, 15) is 9.90 Å². The third kappa shape index (κ3) is 5.85. The third-order valence-electron chi connectivity index (χ3n) is 5.61. The Morgan fingerprint density at radius 1 is 1.34 bits per heavy atom. The molecule has 2 heterocycles. The summed E-state index contributed by atoms with van der Waals surface area (Å²) >= 11 is 0. The zero-order valence-electron chi connectivity index (χ0n) is 18.5. The molecule has 0 aromatic heterocycles. The first-order valence-corrected chi connectivity index (χ1v) is 11.1. The van der Waals surface area contributed by atoms with Crippen LogP contribution in [0.3, 0.4) is 0 Å². The van der Waals surface area contributed by atoms with Gasteiger partial charge in [0, 0.05) is 48.4 Å². The standard InChI is InChI=1S/C24H32N6O2/c1-3-17(16-25)24-28-21(26-18-8-10-19(11-9-18)27-23(32)4-2)15-22(29-24)30-13-6-5-7-20(30)12-14-31/h4,8-11,15-16,20,25-26,28,31H,2-3,5-7,12-14H2,1H3,(H,27,32)/b24-17+,25-16?/t20-/m0/s1. The van der Waals surface area contributed by atoms with E-state index in [0.29, 0.717) is 24.4 Å². The van der Waals surface area contributed by atoms with Crippen molar-refractivity contribution in [2.75, 3.05) is 23.8 Å². The van der Waals surface area contributed by atoms with E-state index in [-0.39, 0.29) is 18.6 Å². The fourth-order valence-electron chi connectivity index (χ4n) is 3.91. The Morgan fingerprint density at radius 2 is 2.09 bits per heavy atom. The van der Waals surface area contributed by atoms with E-state index in [4.69, 9.17) is 10.4 Å². The number of anilines is 2. The van der Waals surface area contributed by atoms with Gasteiger partial charge in [-0.3, -0.25) is 4.79 Å². The van der Waals surface area contributed by atoms with Crippen LogP contribution < -0.4 is 16.0 Å². The van der Waals surface area contributed by atoms with Crippen LogP contribution in [-0.4, -0.2) is 47.2 Å². The molecule has 8 nitrogen and oxygen atoms in total. The van der Waals surface area contributed by atoms with Gasteiger partial charge in [-0.05, 0) is 62.4 Å². The number of hydrogen-bond acceptors (Lipinski definition) is 7. The first-order valence-electron chi connectivity index (χ1n) is 11.1. The van der Waals surface area contributed by atoms with Crippen LogP contribution in [0.4, 0.5) is 11.4 Å². The number of nitrogens with zero attached hydrogens (tertiary/aromatic N) is 2. The Morgan fingerprint density at radius 3 is 2.75 bits per heavy atom. The number of carbonyl (C=O) groups excluding carboxylic acids is 1. The number of likely N-dealkylation sites (tertiary alicyclic amines) is 1. The number of amides is 1. The second kappa shape index (κ2) is 11.3. The second-order valence-electron chi connectivity index (χ2n) is 7.78. The zero-order chi connectivity index (χ0) is 22.9. The number of aliphatic hydroxyl groups excluding tert-OH is 1. The van der Waals surface area contributed by atoms with E-state index < -0.39 is 0 Å². The molecule has 0 unspecified atom stereocenters. The van der Waals surface area contributed by atoms with Gasteiger partial charge in [0.15, 0.2) is 0 Å². The van der Waals surface area contributed by atoms with Crippen molar-refractivity contribution in [3.8, 4) is 0 Å². The predicted octanol–water partition coefficient (Wildman–Crippen LogP) is 3.57. The van der Waals surface area contributed by atoms with E-state index >= 15 is 0 Å². The Bertz CT molecular complexity index is 930. The summed E-state index contributed by atoms with van der Waals surface area (Å²) in [5, 5.41) is 26.7.